The van der Waals surface area contributed by atoms with Crippen molar-refractivity contribution in [2.24, 2.45) is 0 Å². The molecule has 4 aromatic rings. The standard InChI is InChI=1S/C24H18F2N2OS/c1-15(16-7-3-2-4-8-16)27-24(29)19-14-23(28-21-10-6-5-9-18(19)21)30-22-12-11-17(25)13-20(22)26/h2-15H,1H3,(H,27,29)/t15-/m1/s1. The van der Waals surface area contributed by atoms with Crippen LogP contribution in [0.15, 0.2) is 88.8 Å². The van der Waals surface area contributed by atoms with Crippen molar-refractivity contribution >= 4 is 28.6 Å². The number of amides is 1. The van der Waals surface area contributed by atoms with Gasteiger partial charge in [0.1, 0.15) is 16.7 Å². The van der Waals surface area contributed by atoms with Crippen LogP contribution in [0, 0.1) is 11.6 Å². The fraction of sp³-hybridized carbons (Fsp3) is 0.0833. The summed E-state index contributed by atoms with van der Waals surface area (Å²) in [5.41, 5.74) is 2.07. The van der Waals surface area contributed by atoms with Gasteiger partial charge in [0.2, 0.25) is 0 Å². The van der Waals surface area contributed by atoms with Crippen LogP contribution in [-0.2, 0) is 0 Å². The van der Waals surface area contributed by atoms with Gasteiger partial charge in [0.15, 0.2) is 0 Å². The number of hydrogen-bond donors (Lipinski definition) is 1. The summed E-state index contributed by atoms with van der Waals surface area (Å²) in [6.45, 7) is 1.92. The molecule has 0 unspecified atom stereocenters. The molecular weight excluding hydrogens is 402 g/mol. The number of halogens is 2. The Bertz CT molecular complexity index is 1210. The van der Waals surface area contributed by atoms with Gasteiger partial charge in [0, 0.05) is 16.3 Å². The summed E-state index contributed by atoms with van der Waals surface area (Å²) in [6.07, 6.45) is 0. The lowest BCUT2D eigenvalue weighted by Gasteiger charge is -2.16. The smallest absolute Gasteiger partial charge is 0.252 e. The van der Waals surface area contributed by atoms with Crippen molar-refractivity contribution in [3.63, 3.8) is 0 Å². The number of fused-ring (bicyclic) bond motifs is 1. The van der Waals surface area contributed by atoms with Crippen molar-refractivity contribution in [2.75, 3.05) is 0 Å². The molecule has 0 aliphatic heterocycles. The maximum Gasteiger partial charge on any atom is 0.252 e. The summed E-state index contributed by atoms with van der Waals surface area (Å²) >= 11 is 1.05. The third kappa shape index (κ3) is 4.33. The highest BCUT2D eigenvalue weighted by atomic mass is 32.2. The monoisotopic (exact) mass is 420 g/mol. The first-order chi connectivity index (χ1) is 14.5. The van der Waals surface area contributed by atoms with E-state index in [1.165, 1.54) is 12.1 Å². The van der Waals surface area contributed by atoms with Crippen LogP contribution in [0.5, 0.6) is 0 Å². The number of nitrogens with zero attached hydrogens (tertiary/aromatic N) is 1. The van der Waals surface area contributed by atoms with Gasteiger partial charge in [-0.25, -0.2) is 13.8 Å². The molecule has 0 fully saturated rings. The first-order valence-corrected chi connectivity index (χ1v) is 10.2. The van der Waals surface area contributed by atoms with Gasteiger partial charge in [-0.1, -0.05) is 60.3 Å². The van der Waals surface area contributed by atoms with Gasteiger partial charge < -0.3 is 5.32 Å². The Morgan fingerprint density at radius 2 is 1.70 bits per heavy atom. The van der Waals surface area contributed by atoms with Crippen LogP contribution in [0.1, 0.15) is 28.9 Å². The molecule has 0 bridgehead atoms. The van der Waals surface area contributed by atoms with Crippen molar-refractivity contribution in [3.05, 3.63) is 102 Å². The SMILES string of the molecule is C[C@@H](NC(=O)c1cc(Sc2ccc(F)cc2F)nc2ccccc12)c1ccccc1. The Morgan fingerprint density at radius 3 is 2.47 bits per heavy atom. The molecule has 0 saturated carbocycles. The molecular formula is C24H18F2N2OS. The molecule has 0 aliphatic rings. The summed E-state index contributed by atoms with van der Waals surface area (Å²) in [6, 6.07) is 21.8. The lowest BCUT2D eigenvalue weighted by molar-refractivity contribution is 0.0941. The van der Waals surface area contributed by atoms with E-state index < -0.39 is 11.6 Å². The van der Waals surface area contributed by atoms with Gasteiger partial charge >= 0.3 is 0 Å². The molecule has 0 saturated heterocycles. The molecule has 0 radical (unpaired) electrons. The molecule has 3 nitrogen and oxygen atoms in total. The van der Waals surface area contributed by atoms with Gasteiger partial charge in [-0.05, 0) is 36.8 Å². The van der Waals surface area contributed by atoms with E-state index >= 15 is 0 Å². The van der Waals surface area contributed by atoms with Crippen molar-refractivity contribution in [1.82, 2.24) is 10.3 Å². The number of carbonyl (C=O) groups excluding carboxylic acids is 1. The number of hydrogen-bond acceptors (Lipinski definition) is 3. The normalized spacial score (nSPS) is 12.0. The van der Waals surface area contributed by atoms with Crippen molar-refractivity contribution < 1.29 is 13.6 Å². The Labute approximate surface area is 177 Å². The molecule has 150 valence electrons. The fourth-order valence-corrected chi connectivity index (χ4v) is 4.00. The number of nitrogens with one attached hydrogen (secondary N) is 1. The fourth-order valence-electron chi connectivity index (χ4n) is 3.16. The maximum atomic E-state index is 14.1. The molecule has 1 amide bonds. The lowest BCUT2D eigenvalue weighted by Crippen LogP contribution is -2.27. The molecule has 0 spiro atoms. The van der Waals surface area contributed by atoms with E-state index in [0.717, 1.165) is 23.4 Å². The minimum Gasteiger partial charge on any atom is -0.345 e. The summed E-state index contributed by atoms with van der Waals surface area (Å²) in [5.74, 6) is -1.55. The largest absolute Gasteiger partial charge is 0.345 e. The molecule has 1 heterocycles. The van der Waals surface area contributed by atoms with Crippen molar-refractivity contribution in [1.29, 1.82) is 0 Å². The van der Waals surface area contributed by atoms with Gasteiger partial charge in [-0.15, -0.1) is 0 Å². The Kier molecular flexibility index (Phi) is 5.77. The average Bonchev–Trinajstić information content (AvgIpc) is 2.75. The number of benzene rings is 3. The van der Waals surface area contributed by atoms with Crippen LogP contribution >= 0.6 is 11.8 Å². The predicted octanol–water partition coefficient (Wildman–Crippen LogP) is 6.16. The van der Waals surface area contributed by atoms with E-state index in [1.807, 2.05) is 55.5 Å². The first-order valence-electron chi connectivity index (χ1n) is 9.40. The number of pyridine rings is 1. The average molecular weight is 420 g/mol. The zero-order valence-corrected chi connectivity index (χ0v) is 16.9. The highest BCUT2D eigenvalue weighted by molar-refractivity contribution is 7.99. The first kappa shape index (κ1) is 20.0. The van der Waals surface area contributed by atoms with E-state index in [-0.39, 0.29) is 16.8 Å². The second kappa shape index (κ2) is 8.63. The summed E-state index contributed by atoms with van der Waals surface area (Å²) < 4.78 is 27.3. The topological polar surface area (TPSA) is 42.0 Å². The van der Waals surface area contributed by atoms with Crippen LogP contribution < -0.4 is 5.32 Å². The van der Waals surface area contributed by atoms with Crippen LogP contribution in [-0.4, -0.2) is 10.9 Å². The summed E-state index contributed by atoms with van der Waals surface area (Å²) in [5, 5.41) is 4.18. The summed E-state index contributed by atoms with van der Waals surface area (Å²) in [4.78, 5) is 17.9. The Balaban J connectivity index is 1.68. The zero-order chi connectivity index (χ0) is 21.1. The van der Waals surface area contributed by atoms with Crippen molar-refractivity contribution in [3.8, 4) is 0 Å². The van der Waals surface area contributed by atoms with Gasteiger partial charge in [-0.2, -0.15) is 0 Å². The third-order valence-corrected chi connectivity index (χ3v) is 5.66. The quantitative estimate of drug-likeness (QED) is 0.421. The molecule has 1 N–H and O–H groups in total. The zero-order valence-electron chi connectivity index (χ0n) is 16.1. The molecule has 30 heavy (non-hydrogen) atoms. The number of rotatable bonds is 5. The maximum absolute atomic E-state index is 14.1. The highest BCUT2D eigenvalue weighted by Gasteiger charge is 2.17. The second-order valence-electron chi connectivity index (χ2n) is 6.81. The van der Waals surface area contributed by atoms with Gasteiger partial charge in [0.25, 0.3) is 5.91 Å². The molecule has 0 aliphatic carbocycles. The van der Waals surface area contributed by atoms with E-state index in [1.54, 1.807) is 12.1 Å². The number of carbonyl (C=O) groups is 1. The number of para-hydroxylation sites is 1. The van der Waals surface area contributed by atoms with Crippen LogP contribution in [0.2, 0.25) is 0 Å². The molecule has 4 rings (SSSR count). The van der Waals surface area contributed by atoms with Crippen LogP contribution in [0.4, 0.5) is 8.78 Å². The number of aromatic nitrogens is 1. The minimum absolute atomic E-state index is 0.184. The van der Waals surface area contributed by atoms with Crippen LogP contribution in [0.3, 0.4) is 0 Å². The lowest BCUT2D eigenvalue weighted by atomic mass is 10.1. The third-order valence-electron chi connectivity index (χ3n) is 4.69. The van der Waals surface area contributed by atoms with E-state index in [4.69, 9.17) is 0 Å². The second-order valence-corrected chi connectivity index (χ2v) is 7.87. The molecule has 1 atom stereocenters. The highest BCUT2D eigenvalue weighted by Crippen LogP contribution is 2.32. The Hall–Kier alpha value is -3.25. The predicted molar refractivity (Wildman–Crippen MR) is 115 cm³/mol. The van der Waals surface area contributed by atoms with E-state index in [0.29, 0.717) is 21.5 Å². The Morgan fingerprint density at radius 1 is 0.967 bits per heavy atom. The molecule has 1 aromatic heterocycles. The minimum atomic E-state index is -0.668. The summed E-state index contributed by atoms with van der Waals surface area (Å²) in [7, 11) is 0. The van der Waals surface area contributed by atoms with Crippen molar-refractivity contribution in [2.45, 2.75) is 22.9 Å². The molecule has 6 heteroatoms. The van der Waals surface area contributed by atoms with Crippen LogP contribution in [0.25, 0.3) is 10.9 Å². The molecule has 3 aromatic carbocycles. The van der Waals surface area contributed by atoms with E-state index in [2.05, 4.69) is 10.3 Å². The van der Waals surface area contributed by atoms with Gasteiger partial charge in [0.05, 0.1) is 17.1 Å². The van der Waals surface area contributed by atoms with Gasteiger partial charge in [-0.3, -0.25) is 4.79 Å². The van der Waals surface area contributed by atoms with E-state index in [9.17, 15) is 13.6 Å².